The van der Waals surface area contributed by atoms with Gasteiger partial charge in [0.05, 0.1) is 19.3 Å². The molecule has 1 aromatic heterocycles. The number of aryl methyl sites for hydroxylation is 1. The summed E-state index contributed by atoms with van der Waals surface area (Å²) in [6, 6.07) is -0.768. The minimum atomic E-state index is -1.25. The van der Waals surface area contributed by atoms with Crippen molar-refractivity contribution in [2.24, 2.45) is 0 Å². The van der Waals surface area contributed by atoms with Gasteiger partial charge in [-0.25, -0.2) is 4.79 Å². The second kappa shape index (κ2) is 7.71. The molecule has 24 heavy (non-hydrogen) atoms. The number of aromatic amines is 1. The Bertz CT molecular complexity index is 698. The molecule has 1 aliphatic rings. The average molecular weight is 343 g/mol. The summed E-state index contributed by atoms with van der Waals surface area (Å²) in [5.74, 6) is -0.405. The van der Waals surface area contributed by atoms with Crippen LogP contribution in [0.3, 0.4) is 0 Å². The standard InChI is InChI=1S/C14H21N3O7/c1-7-3-17(14(22)16-13(7)21)8-5-23-9(4-18)11(20)12(8)24-6-10(19)15-2/h3,8-9,11-12,18,20H,4-6H2,1-2H3,(H,15,19)(H,16,21,22)/t8-,9-,11?,12+/m1/s1. The van der Waals surface area contributed by atoms with Gasteiger partial charge in [0.15, 0.2) is 0 Å². The molecular weight excluding hydrogens is 322 g/mol. The van der Waals surface area contributed by atoms with Crippen molar-refractivity contribution in [3.8, 4) is 0 Å². The first kappa shape index (κ1) is 18.3. The fourth-order valence-corrected chi connectivity index (χ4v) is 2.54. The lowest BCUT2D eigenvalue weighted by atomic mass is 9.97. The smallest absolute Gasteiger partial charge is 0.328 e. The Labute approximate surface area is 137 Å². The van der Waals surface area contributed by atoms with Crippen LogP contribution in [0.4, 0.5) is 0 Å². The molecule has 0 bridgehead atoms. The first-order valence-corrected chi connectivity index (χ1v) is 7.43. The molecule has 1 unspecified atom stereocenters. The number of rotatable bonds is 5. The third-order valence-electron chi connectivity index (χ3n) is 3.95. The first-order chi connectivity index (χ1) is 11.4. The molecule has 1 aromatic rings. The number of likely N-dealkylation sites (N-methyl/N-ethyl adjacent to an activating group) is 1. The molecule has 0 spiro atoms. The number of nitrogens with zero attached hydrogens (tertiary/aromatic N) is 1. The zero-order valence-electron chi connectivity index (χ0n) is 13.4. The first-order valence-electron chi connectivity index (χ1n) is 7.43. The molecule has 0 aliphatic carbocycles. The maximum atomic E-state index is 12.1. The molecule has 4 atom stereocenters. The van der Waals surface area contributed by atoms with Gasteiger partial charge < -0.3 is 25.0 Å². The summed E-state index contributed by atoms with van der Waals surface area (Å²) >= 11 is 0. The largest absolute Gasteiger partial charge is 0.394 e. The van der Waals surface area contributed by atoms with Gasteiger partial charge in [-0.05, 0) is 6.92 Å². The maximum absolute atomic E-state index is 12.1. The van der Waals surface area contributed by atoms with E-state index in [9.17, 15) is 24.6 Å². The van der Waals surface area contributed by atoms with E-state index in [1.165, 1.54) is 24.7 Å². The SMILES string of the molecule is CNC(=O)CO[C@@H]1C(O)[C@@H](CO)OC[C@H]1n1cc(C)c(=O)[nH]c1=O. The van der Waals surface area contributed by atoms with E-state index in [1.807, 2.05) is 0 Å². The third-order valence-corrected chi connectivity index (χ3v) is 3.95. The van der Waals surface area contributed by atoms with Crippen LogP contribution >= 0.6 is 0 Å². The molecule has 10 heteroatoms. The molecule has 2 rings (SSSR count). The lowest BCUT2D eigenvalue weighted by Gasteiger charge is -2.39. The van der Waals surface area contributed by atoms with E-state index in [1.54, 1.807) is 0 Å². The highest BCUT2D eigenvalue weighted by Crippen LogP contribution is 2.26. The summed E-state index contributed by atoms with van der Waals surface area (Å²) in [5.41, 5.74) is -0.884. The van der Waals surface area contributed by atoms with E-state index in [4.69, 9.17) is 9.47 Å². The number of nitrogens with one attached hydrogen (secondary N) is 2. The second-order valence-corrected chi connectivity index (χ2v) is 5.54. The molecule has 10 nitrogen and oxygen atoms in total. The van der Waals surface area contributed by atoms with Crippen LogP contribution in [0.2, 0.25) is 0 Å². The lowest BCUT2D eigenvalue weighted by Crippen LogP contribution is -2.55. The van der Waals surface area contributed by atoms with Crippen LogP contribution in [0.15, 0.2) is 15.8 Å². The number of carbonyl (C=O) groups excluding carboxylic acids is 1. The number of H-pyrrole nitrogens is 1. The molecule has 134 valence electrons. The fourth-order valence-electron chi connectivity index (χ4n) is 2.54. The summed E-state index contributed by atoms with van der Waals surface area (Å²) in [6.07, 6.45) is -1.78. The van der Waals surface area contributed by atoms with Crippen molar-refractivity contribution in [1.29, 1.82) is 0 Å². The summed E-state index contributed by atoms with van der Waals surface area (Å²) in [5, 5.41) is 22.0. The Balaban J connectivity index is 2.34. The molecule has 1 amide bonds. The van der Waals surface area contributed by atoms with E-state index in [-0.39, 0.29) is 13.2 Å². The van der Waals surface area contributed by atoms with Crippen molar-refractivity contribution < 1.29 is 24.5 Å². The van der Waals surface area contributed by atoms with Gasteiger partial charge in [0, 0.05) is 18.8 Å². The zero-order chi connectivity index (χ0) is 17.9. The van der Waals surface area contributed by atoms with Crippen molar-refractivity contribution in [1.82, 2.24) is 14.9 Å². The zero-order valence-corrected chi connectivity index (χ0v) is 13.4. The van der Waals surface area contributed by atoms with Gasteiger partial charge in [0.1, 0.15) is 24.9 Å². The van der Waals surface area contributed by atoms with Gasteiger partial charge >= 0.3 is 5.69 Å². The normalized spacial score (nSPS) is 27.0. The third kappa shape index (κ3) is 3.73. The molecular formula is C14H21N3O7. The van der Waals surface area contributed by atoms with E-state index in [0.29, 0.717) is 5.56 Å². The van der Waals surface area contributed by atoms with Crippen molar-refractivity contribution in [3.05, 3.63) is 32.6 Å². The summed E-state index contributed by atoms with van der Waals surface area (Å²) < 4.78 is 12.0. The highest BCUT2D eigenvalue weighted by molar-refractivity contribution is 5.76. The molecule has 1 fully saturated rings. The van der Waals surface area contributed by atoms with Crippen LogP contribution in [0, 0.1) is 6.92 Å². The van der Waals surface area contributed by atoms with Gasteiger partial charge in [-0.15, -0.1) is 0 Å². The van der Waals surface area contributed by atoms with Gasteiger partial charge in [0.2, 0.25) is 5.91 Å². The maximum Gasteiger partial charge on any atom is 0.328 e. The van der Waals surface area contributed by atoms with E-state index < -0.39 is 48.1 Å². The van der Waals surface area contributed by atoms with Gasteiger partial charge in [-0.1, -0.05) is 0 Å². The van der Waals surface area contributed by atoms with Gasteiger partial charge in [-0.2, -0.15) is 0 Å². The van der Waals surface area contributed by atoms with Crippen LogP contribution < -0.4 is 16.6 Å². The summed E-state index contributed by atoms with van der Waals surface area (Å²) in [7, 11) is 1.44. The monoisotopic (exact) mass is 343 g/mol. The fraction of sp³-hybridized carbons (Fsp3) is 0.643. The topological polar surface area (TPSA) is 143 Å². The minimum Gasteiger partial charge on any atom is -0.394 e. The molecule has 1 saturated heterocycles. The molecule has 1 aliphatic heterocycles. The Kier molecular flexibility index (Phi) is 5.89. The van der Waals surface area contributed by atoms with Crippen molar-refractivity contribution in [2.45, 2.75) is 31.3 Å². The van der Waals surface area contributed by atoms with Crippen LogP contribution in [0.5, 0.6) is 0 Å². The predicted octanol–water partition coefficient (Wildman–Crippen LogP) is -2.73. The number of aliphatic hydroxyl groups excluding tert-OH is 2. The Hall–Kier alpha value is -2.01. The van der Waals surface area contributed by atoms with Crippen LogP contribution in [0.25, 0.3) is 0 Å². The van der Waals surface area contributed by atoms with Crippen LogP contribution in [-0.2, 0) is 14.3 Å². The lowest BCUT2D eigenvalue weighted by molar-refractivity contribution is -0.188. The Morgan fingerprint density at radius 1 is 1.54 bits per heavy atom. The number of hydrogen-bond acceptors (Lipinski definition) is 7. The highest BCUT2D eigenvalue weighted by atomic mass is 16.5. The Morgan fingerprint density at radius 3 is 2.88 bits per heavy atom. The van der Waals surface area contributed by atoms with E-state index >= 15 is 0 Å². The summed E-state index contributed by atoms with van der Waals surface area (Å²) in [4.78, 5) is 37.2. The predicted molar refractivity (Wildman–Crippen MR) is 81.7 cm³/mol. The van der Waals surface area contributed by atoms with Gasteiger partial charge in [0.25, 0.3) is 5.56 Å². The second-order valence-electron chi connectivity index (χ2n) is 5.54. The minimum absolute atomic E-state index is 0.0356. The number of aliphatic hydroxyl groups is 2. The van der Waals surface area contributed by atoms with E-state index in [0.717, 1.165) is 0 Å². The van der Waals surface area contributed by atoms with Crippen LogP contribution in [-0.4, -0.2) is 70.9 Å². The molecule has 0 aromatic carbocycles. The molecule has 0 radical (unpaired) electrons. The number of carbonyl (C=O) groups is 1. The Morgan fingerprint density at radius 2 is 2.25 bits per heavy atom. The average Bonchev–Trinajstić information content (AvgIpc) is 2.56. The number of amides is 1. The number of ether oxygens (including phenoxy) is 2. The van der Waals surface area contributed by atoms with Crippen LogP contribution in [0.1, 0.15) is 11.6 Å². The quantitative estimate of drug-likeness (QED) is 0.454. The summed E-state index contributed by atoms with van der Waals surface area (Å²) in [6.45, 7) is 0.731. The van der Waals surface area contributed by atoms with E-state index in [2.05, 4.69) is 10.3 Å². The number of hydrogen-bond donors (Lipinski definition) is 4. The molecule has 4 N–H and O–H groups in total. The number of aromatic nitrogens is 2. The highest BCUT2D eigenvalue weighted by Gasteiger charge is 2.41. The molecule has 0 saturated carbocycles. The van der Waals surface area contributed by atoms with Gasteiger partial charge in [-0.3, -0.25) is 19.1 Å². The van der Waals surface area contributed by atoms with Crippen molar-refractivity contribution in [2.75, 3.05) is 26.9 Å². The molecule has 2 heterocycles. The van der Waals surface area contributed by atoms with Crippen molar-refractivity contribution >= 4 is 5.91 Å². The van der Waals surface area contributed by atoms with Crippen molar-refractivity contribution in [3.63, 3.8) is 0 Å².